The highest BCUT2D eigenvalue weighted by Crippen LogP contribution is 2.10. The zero-order valence-electron chi connectivity index (χ0n) is 8.50. The zero-order valence-corrected chi connectivity index (χ0v) is 9.26. The van der Waals surface area contributed by atoms with Crippen molar-refractivity contribution >= 4 is 17.6 Å². The molecule has 0 atom stereocenters. The smallest absolute Gasteiger partial charge is 0.384 e. The van der Waals surface area contributed by atoms with Crippen LogP contribution < -0.4 is 0 Å². The fraction of sp³-hybridized carbons (Fsp3) is 0.273. The summed E-state index contributed by atoms with van der Waals surface area (Å²) in [5, 5.41) is 0.411. The minimum Gasteiger partial charge on any atom is -0.456 e. The summed E-state index contributed by atoms with van der Waals surface area (Å²) in [5.41, 5.74) is 1.55. The summed E-state index contributed by atoms with van der Waals surface area (Å²) in [6.07, 6.45) is 1.53. The lowest BCUT2D eigenvalue weighted by Crippen LogP contribution is -1.99. The molecule has 15 heavy (non-hydrogen) atoms. The lowest BCUT2D eigenvalue weighted by atomic mass is 10.2. The van der Waals surface area contributed by atoms with Crippen molar-refractivity contribution in [1.29, 1.82) is 0 Å². The Bertz CT molecular complexity index is 432. The van der Waals surface area contributed by atoms with E-state index in [9.17, 15) is 4.79 Å². The SMILES string of the molecule is CCOC(=O)C#Cc1cnc(Cl)cc1C. The molecule has 1 aromatic rings. The van der Waals surface area contributed by atoms with Gasteiger partial charge in [-0.2, -0.15) is 0 Å². The second-order valence-corrected chi connectivity index (χ2v) is 3.18. The maximum absolute atomic E-state index is 11.0. The van der Waals surface area contributed by atoms with Crippen LogP contribution in [0.4, 0.5) is 0 Å². The summed E-state index contributed by atoms with van der Waals surface area (Å²) in [6, 6.07) is 1.69. The van der Waals surface area contributed by atoms with E-state index in [-0.39, 0.29) is 0 Å². The van der Waals surface area contributed by atoms with Gasteiger partial charge in [0.25, 0.3) is 0 Å². The number of aryl methyl sites for hydroxylation is 1. The van der Waals surface area contributed by atoms with Crippen LogP contribution in [0.5, 0.6) is 0 Å². The highest BCUT2D eigenvalue weighted by molar-refractivity contribution is 6.29. The van der Waals surface area contributed by atoms with Gasteiger partial charge < -0.3 is 4.74 Å². The van der Waals surface area contributed by atoms with Crippen molar-refractivity contribution in [3.05, 3.63) is 28.5 Å². The molecule has 0 amide bonds. The van der Waals surface area contributed by atoms with E-state index in [0.717, 1.165) is 5.56 Å². The van der Waals surface area contributed by atoms with Crippen LogP contribution in [-0.4, -0.2) is 17.6 Å². The Morgan fingerprint density at radius 2 is 2.40 bits per heavy atom. The monoisotopic (exact) mass is 223 g/mol. The van der Waals surface area contributed by atoms with Gasteiger partial charge in [0.05, 0.1) is 6.61 Å². The molecule has 0 aromatic carbocycles. The van der Waals surface area contributed by atoms with Gasteiger partial charge in [0.2, 0.25) is 0 Å². The van der Waals surface area contributed by atoms with Crippen molar-refractivity contribution in [2.75, 3.05) is 6.61 Å². The third kappa shape index (κ3) is 3.61. The topological polar surface area (TPSA) is 39.2 Å². The number of hydrogen-bond acceptors (Lipinski definition) is 3. The second-order valence-electron chi connectivity index (χ2n) is 2.79. The Hall–Kier alpha value is -1.53. The standard InChI is InChI=1S/C11H10ClNO2/c1-3-15-11(14)5-4-9-7-13-10(12)6-8(9)2/h6-7H,3H2,1-2H3. The molecule has 78 valence electrons. The van der Waals surface area contributed by atoms with E-state index >= 15 is 0 Å². The van der Waals surface area contributed by atoms with Crippen LogP contribution in [0.15, 0.2) is 12.3 Å². The van der Waals surface area contributed by atoms with Crippen LogP contribution in [0.1, 0.15) is 18.1 Å². The predicted octanol–water partition coefficient (Wildman–Crippen LogP) is 1.96. The molecular weight excluding hydrogens is 214 g/mol. The number of carbonyl (C=O) groups excluding carboxylic acids is 1. The van der Waals surface area contributed by atoms with Crippen molar-refractivity contribution in [2.45, 2.75) is 13.8 Å². The maximum Gasteiger partial charge on any atom is 0.384 e. The Labute approximate surface area is 93.4 Å². The quantitative estimate of drug-likeness (QED) is 0.415. The van der Waals surface area contributed by atoms with Crippen LogP contribution in [0.2, 0.25) is 5.15 Å². The van der Waals surface area contributed by atoms with Gasteiger partial charge in [-0.1, -0.05) is 17.5 Å². The van der Waals surface area contributed by atoms with Gasteiger partial charge in [0.15, 0.2) is 0 Å². The van der Waals surface area contributed by atoms with Crippen molar-refractivity contribution in [3.8, 4) is 11.8 Å². The molecular formula is C11H10ClNO2. The zero-order chi connectivity index (χ0) is 11.3. The highest BCUT2D eigenvalue weighted by Gasteiger charge is 1.98. The van der Waals surface area contributed by atoms with Gasteiger partial charge in [0.1, 0.15) is 5.15 Å². The molecule has 0 aliphatic heterocycles. The van der Waals surface area contributed by atoms with E-state index in [1.54, 1.807) is 13.0 Å². The normalized spacial score (nSPS) is 9.00. The molecule has 4 heteroatoms. The first-order valence-corrected chi connectivity index (χ1v) is 4.82. The summed E-state index contributed by atoms with van der Waals surface area (Å²) in [5.74, 6) is 4.51. The third-order valence-corrected chi connectivity index (χ3v) is 1.86. The number of pyridine rings is 1. The molecule has 1 heterocycles. The Morgan fingerprint density at radius 3 is 3.00 bits per heavy atom. The summed E-state index contributed by atoms with van der Waals surface area (Å²) in [6.45, 7) is 3.91. The van der Waals surface area contributed by atoms with E-state index in [0.29, 0.717) is 17.3 Å². The first-order chi connectivity index (χ1) is 7.13. The molecule has 0 N–H and O–H groups in total. The van der Waals surface area contributed by atoms with Gasteiger partial charge in [-0.15, -0.1) is 0 Å². The van der Waals surface area contributed by atoms with Crippen molar-refractivity contribution < 1.29 is 9.53 Å². The van der Waals surface area contributed by atoms with E-state index in [2.05, 4.69) is 21.6 Å². The summed E-state index contributed by atoms with van der Waals surface area (Å²) in [7, 11) is 0. The first kappa shape index (κ1) is 11.5. The average molecular weight is 224 g/mol. The molecule has 0 aliphatic rings. The van der Waals surface area contributed by atoms with Crippen LogP contribution in [-0.2, 0) is 9.53 Å². The lowest BCUT2D eigenvalue weighted by molar-refractivity contribution is -0.136. The molecule has 0 fully saturated rings. The fourth-order valence-corrected chi connectivity index (χ4v) is 1.15. The molecule has 0 bridgehead atoms. The Kier molecular flexibility index (Phi) is 4.14. The first-order valence-electron chi connectivity index (χ1n) is 4.44. The number of ether oxygens (including phenoxy) is 1. The van der Waals surface area contributed by atoms with E-state index in [4.69, 9.17) is 11.6 Å². The Balaban J connectivity index is 2.84. The Morgan fingerprint density at radius 1 is 1.67 bits per heavy atom. The number of carbonyl (C=O) groups is 1. The molecule has 0 saturated carbocycles. The van der Waals surface area contributed by atoms with E-state index in [1.807, 2.05) is 6.92 Å². The van der Waals surface area contributed by atoms with Crippen molar-refractivity contribution in [3.63, 3.8) is 0 Å². The van der Waals surface area contributed by atoms with Gasteiger partial charge in [-0.05, 0) is 25.5 Å². The van der Waals surface area contributed by atoms with Crippen LogP contribution in [0.25, 0.3) is 0 Å². The van der Waals surface area contributed by atoms with Gasteiger partial charge in [-0.3, -0.25) is 0 Å². The number of aromatic nitrogens is 1. The van der Waals surface area contributed by atoms with Crippen LogP contribution in [0, 0.1) is 18.8 Å². The number of nitrogens with zero attached hydrogens (tertiary/aromatic N) is 1. The van der Waals surface area contributed by atoms with Crippen molar-refractivity contribution in [1.82, 2.24) is 4.98 Å². The second kappa shape index (κ2) is 5.38. The lowest BCUT2D eigenvalue weighted by Gasteiger charge is -1.96. The average Bonchev–Trinajstić information content (AvgIpc) is 2.17. The van der Waals surface area contributed by atoms with E-state index < -0.39 is 5.97 Å². The molecule has 0 aliphatic carbocycles. The molecule has 0 spiro atoms. The van der Waals surface area contributed by atoms with Crippen LogP contribution >= 0.6 is 11.6 Å². The molecule has 1 aromatic heterocycles. The molecule has 1 rings (SSSR count). The number of esters is 1. The minimum atomic E-state index is -0.535. The predicted molar refractivity (Wildman–Crippen MR) is 57.5 cm³/mol. The molecule has 0 radical (unpaired) electrons. The third-order valence-electron chi connectivity index (χ3n) is 1.65. The summed E-state index contributed by atoms with van der Waals surface area (Å²) in [4.78, 5) is 14.8. The van der Waals surface area contributed by atoms with Gasteiger partial charge >= 0.3 is 5.97 Å². The molecule has 0 saturated heterocycles. The van der Waals surface area contributed by atoms with Crippen molar-refractivity contribution in [2.24, 2.45) is 0 Å². The van der Waals surface area contributed by atoms with Gasteiger partial charge in [0, 0.05) is 17.7 Å². The van der Waals surface area contributed by atoms with Crippen LogP contribution in [0.3, 0.4) is 0 Å². The molecule has 3 nitrogen and oxygen atoms in total. The van der Waals surface area contributed by atoms with Gasteiger partial charge in [-0.25, -0.2) is 9.78 Å². The largest absolute Gasteiger partial charge is 0.456 e. The number of halogens is 1. The maximum atomic E-state index is 11.0. The highest BCUT2D eigenvalue weighted by atomic mass is 35.5. The fourth-order valence-electron chi connectivity index (χ4n) is 0.938. The summed E-state index contributed by atoms with van der Waals surface area (Å²) < 4.78 is 4.67. The number of hydrogen-bond donors (Lipinski definition) is 0. The molecule has 0 unspecified atom stereocenters. The number of rotatable bonds is 1. The van der Waals surface area contributed by atoms with E-state index in [1.165, 1.54) is 6.20 Å². The summed E-state index contributed by atoms with van der Waals surface area (Å²) >= 11 is 5.68. The minimum absolute atomic E-state index is 0.325.